The molecule has 0 saturated heterocycles. The van der Waals surface area contributed by atoms with E-state index in [1.807, 2.05) is 0 Å². The van der Waals surface area contributed by atoms with Crippen LogP contribution in [0.4, 0.5) is 13.2 Å². The lowest BCUT2D eigenvalue weighted by molar-refractivity contribution is 0.0188. The van der Waals surface area contributed by atoms with Gasteiger partial charge in [0.2, 0.25) is 0 Å². The van der Waals surface area contributed by atoms with Crippen LogP contribution in [0.1, 0.15) is 10.4 Å². The minimum atomic E-state index is -2.53. The minimum Gasteiger partial charge on any atom is -0.374 e. The zero-order chi connectivity index (χ0) is 12.7. The van der Waals surface area contributed by atoms with Gasteiger partial charge in [0.1, 0.15) is 12.4 Å². The molecule has 3 nitrogen and oxygen atoms in total. The highest BCUT2D eigenvalue weighted by atomic mass is 19.3. The Labute approximate surface area is 96.6 Å². The van der Waals surface area contributed by atoms with E-state index in [-0.39, 0.29) is 18.7 Å². The van der Waals surface area contributed by atoms with E-state index in [0.29, 0.717) is 0 Å². The highest BCUT2D eigenvalue weighted by molar-refractivity contribution is 5.94. The lowest BCUT2D eigenvalue weighted by Crippen LogP contribution is -2.28. The molecule has 0 aliphatic heterocycles. The molecule has 94 valence electrons. The first-order chi connectivity index (χ1) is 8.11. The normalized spacial score (nSPS) is 10.6. The first-order valence-electron chi connectivity index (χ1n) is 5.00. The summed E-state index contributed by atoms with van der Waals surface area (Å²) >= 11 is 0. The summed E-state index contributed by atoms with van der Waals surface area (Å²) in [5, 5.41) is 2.36. The van der Waals surface area contributed by atoms with Crippen LogP contribution in [0.5, 0.6) is 0 Å². The van der Waals surface area contributed by atoms with Gasteiger partial charge in [0.25, 0.3) is 12.3 Å². The SMILES string of the molecule is O=C(NCCOCC(F)F)c1ccccc1F. The van der Waals surface area contributed by atoms with E-state index in [1.165, 1.54) is 24.3 Å². The topological polar surface area (TPSA) is 38.3 Å². The average molecular weight is 247 g/mol. The van der Waals surface area contributed by atoms with Crippen molar-refractivity contribution in [2.24, 2.45) is 0 Å². The van der Waals surface area contributed by atoms with Crippen molar-refractivity contribution in [3.05, 3.63) is 35.6 Å². The summed E-state index contributed by atoms with van der Waals surface area (Å²) in [4.78, 5) is 11.4. The third-order valence-corrected chi connectivity index (χ3v) is 1.89. The number of alkyl halides is 2. The number of benzene rings is 1. The maximum atomic E-state index is 13.1. The summed E-state index contributed by atoms with van der Waals surface area (Å²) in [7, 11) is 0. The Kier molecular flexibility index (Phi) is 5.48. The molecular weight excluding hydrogens is 235 g/mol. The number of rotatable bonds is 6. The molecule has 0 atom stereocenters. The standard InChI is InChI=1S/C11H12F3NO2/c12-9-4-2-1-3-8(9)11(16)15-5-6-17-7-10(13)14/h1-4,10H,5-7H2,(H,15,16). The maximum absolute atomic E-state index is 13.1. The Morgan fingerprint density at radius 3 is 2.71 bits per heavy atom. The molecule has 0 fully saturated rings. The van der Waals surface area contributed by atoms with Gasteiger partial charge in [-0.2, -0.15) is 0 Å². The van der Waals surface area contributed by atoms with Crippen molar-refractivity contribution in [3.8, 4) is 0 Å². The summed E-state index contributed by atoms with van der Waals surface area (Å²) in [5.41, 5.74) is -0.0821. The second-order valence-corrected chi connectivity index (χ2v) is 3.20. The van der Waals surface area contributed by atoms with Crippen molar-refractivity contribution in [2.75, 3.05) is 19.8 Å². The van der Waals surface area contributed by atoms with Crippen molar-refractivity contribution < 1.29 is 22.7 Å². The van der Waals surface area contributed by atoms with E-state index in [0.717, 1.165) is 0 Å². The fourth-order valence-corrected chi connectivity index (χ4v) is 1.15. The number of ether oxygens (including phenoxy) is 1. The van der Waals surface area contributed by atoms with Crippen molar-refractivity contribution in [2.45, 2.75) is 6.43 Å². The Morgan fingerprint density at radius 1 is 1.35 bits per heavy atom. The molecule has 17 heavy (non-hydrogen) atoms. The smallest absolute Gasteiger partial charge is 0.261 e. The number of hydrogen-bond acceptors (Lipinski definition) is 2. The Balaban J connectivity index is 2.29. The van der Waals surface area contributed by atoms with E-state index in [1.54, 1.807) is 0 Å². The molecule has 1 aromatic rings. The fourth-order valence-electron chi connectivity index (χ4n) is 1.15. The van der Waals surface area contributed by atoms with E-state index in [4.69, 9.17) is 0 Å². The molecule has 0 saturated carbocycles. The molecule has 1 N–H and O–H groups in total. The van der Waals surface area contributed by atoms with E-state index < -0.39 is 24.8 Å². The van der Waals surface area contributed by atoms with Crippen LogP contribution in [-0.4, -0.2) is 32.1 Å². The van der Waals surface area contributed by atoms with Gasteiger partial charge >= 0.3 is 0 Å². The van der Waals surface area contributed by atoms with Crippen molar-refractivity contribution in [3.63, 3.8) is 0 Å². The third-order valence-electron chi connectivity index (χ3n) is 1.89. The second-order valence-electron chi connectivity index (χ2n) is 3.20. The molecule has 1 rings (SSSR count). The zero-order valence-electron chi connectivity index (χ0n) is 8.96. The van der Waals surface area contributed by atoms with Crippen molar-refractivity contribution in [1.82, 2.24) is 5.32 Å². The summed E-state index contributed by atoms with van der Waals surface area (Å²) in [6.45, 7) is -0.653. The van der Waals surface area contributed by atoms with E-state index in [2.05, 4.69) is 10.1 Å². The number of hydrogen-bond donors (Lipinski definition) is 1. The summed E-state index contributed by atoms with van der Waals surface area (Å²) in [6, 6.07) is 5.51. The largest absolute Gasteiger partial charge is 0.374 e. The molecule has 0 aliphatic rings. The lowest BCUT2D eigenvalue weighted by Gasteiger charge is -2.06. The number of halogens is 3. The van der Waals surface area contributed by atoms with E-state index in [9.17, 15) is 18.0 Å². The van der Waals surface area contributed by atoms with Gasteiger partial charge in [-0.05, 0) is 12.1 Å². The van der Waals surface area contributed by atoms with Crippen molar-refractivity contribution >= 4 is 5.91 Å². The average Bonchev–Trinajstić information content (AvgIpc) is 2.28. The van der Waals surface area contributed by atoms with Crippen LogP contribution < -0.4 is 5.32 Å². The molecule has 0 spiro atoms. The maximum Gasteiger partial charge on any atom is 0.261 e. The number of amides is 1. The number of carbonyl (C=O) groups is 1. The summed E-state index contributed by atoms with van der Waals surface area (Å²) in [6.07, 6.45) is -2.53. The fraction of sp³-hybridized carbons (Fsp3) is 0.364. The molecule has 0 aliphatic carbocycles. The summed E-state index contributed by atoms with van der Waals surface area (Å²) < 4.78 is 41.0. The number of carbonyl (C=O) groups excluding carboxylic acids is 1. The van der Waals surface area contributed by atoms with Crippen LogP contribution in [0.25, 0.3) is 0 Å². The van der Waals surface area contributed by atoms with Crippen LogP contribution in [0.15, 0.2) is 24.3 Å². The first kappa shape index (κ1) is 13.5. The van der Waals surface area contributed by atoms with E-state index >= 15 is 0 Å². The lowest BCUT2D eigenvalue weighted by atomic mass is 10.2. The van der Waals surface area contributed by atoms with Crippen molar-refractivity contribution in [1.29, 1.82) is 0 Å². The predicted octanol–water partition coefficient (Wildman–Crippen LogP) is 1.84. The molecule has 0 heterocycles. The van der Waals surface area contributed by atoms with Crippen LogP contribution >= 0.6 is 0 Å². The van der Waals surface area contributed by atoms with Crippen LogP contribution in [0.2, 0.25) is 0 Å². The Hall–Kier alpha value is -1.56. The quantitative estimate of drug-likeness (QED) is 0.779. The van der Waals surface area contributed by atoms with Gasteiger partial charge in [-0.25, -0.2) is 13.2 Å². The van der Waals surface area contributed by atoms with Crippen LogP contribution in [0.3, 0.4) is 0 Å². The zero-order valence-corrected chi connectivity index (χ0v) is 8.96. The van der Waals surface area contributed by atoms with Gasteiger partial charge in [-0.3, -0.25) is 4.79 Å². The van der Waals surface area contributed by atoms with Gasteiger partial charge in [0.05, 0.1) is 12.2 Å². The molecule has 6 heteroatoms. The second kappa shape index (κ2) is 6.90. The highest BCUT2D eigenvalue weighted by Crippen LogP contribution is 2.05. The monoisotopic (exact) mass is 247 g/mol. The third kappa shape index (κ3) is 4.86. The van der Waals surface area contributed by atoms with Gasteiger partial charge in [-0.15, -0.1) is 0 Å². The van der Waals surface area contributed by atoms with Gasteiger partial charge in [-0.1, -0.05) is 12.1 Å². The molecule has 1 amide bonds. The Morgan fingerprint density at radius 2 is 2.06 bits per heavy atom. The van der Waals surface area contributed by atoms with Crippen LogP contribution in [-0.2, 0) is 4.74 Å². The molecule has 1 aromatic carbocycles. The minimum absolute atomic E-state index is 0.0372. The van der Waals surface area contributed by atoms with Gasteiger partial charge < -0.3 is 10.1 Å². The predicted molar refractivity (Wildman–Crippen MR) is 55.6 cm³/mol. The molecule has 0 radical (unpaired) electrons. The first-order valence-corrected chi connectivity index (χ1v) is 5.00. The van der Waals surface area contributed by atoms with Gasteiger partial charge in [0.15, 0.2) is 0 Å². The molecule has 0 unspecified atom stereocenters. The van der Waals surface area contributed by atoms with Gasteiger partial charge in [0, 0.05) is 6.54 Å². The Bertz CT molecular complexity index is 371. The molecular formula is C11H12F3NO2. The summed E-state index contributed by atoms with van der Waals surface area (Å²) in [5.74, 6) is -1.22. The number of nitrogens with one attached hydrogen (secondary N) is 1. The highest BCUT2D eigenvalue weighted by Gasteiger charge is 2.09. The molecule has 0 aromatic heterocycles. The molecule has 0 bridgehead atoms. The van der Waals surface area contributed by atoms with Crippen LogP contribution in [0, 0.1) is 5.82 Å².